The Labute approximate surface area is 101 Å². The Morgan fingerprint density at radius 3 is 2.50 bits per heavy atom. The summed E-state index contributed by atoms with van der Waals surface area (Å²) in [4.78, 5) is 2.80. The summed E-state index contributed by atoms with van der Waals surface area (Å²) in [6.45, 7) is 8.31. The van der Waals surface area contributed by atoms with E-state index in [0.717, 1.165) is 24.2 Å². The van der Waals surface area contributed by atoms with Crippen molar-refractivity contribution in [2.75, 3.05) is 6.54 Å². The van der Waals surface area contributed by atoms with E-state index in [0.29, 0.717) is 0 Å². The lowest BCUT2D eigenvalue weighted by atomic mass is 10.1. The van der Waals surface area contributed by atoms with Crippen molar-refractivity contribution in [2.45, 2.75) is 83.5 Å². The van der Waals surface area contributed by atoms with Gasteiger partial charge in [-0.3, -0.25) is 4.90 Å². The van der Waals surface area contributed by atoms with E-state index in [-0.39, 0.29) is 0 Å². The number of nitrogens with zero attached hydrogens (tertiary/aromatic N) is 1. The fourth-order valence-electron chi connectivity index (χ4n) is 3.22. The maximum absolute atomic E-state index is 3.71. The molecule has 2 heteroatoms. The highest BCUT2D eigenvalue weighted by molar-refractivity contribution is 4.91. The lowest BCUT2D eigenvalue weighted by Gasteiger charge is -2.36. The zero-order valence-corrected chi connectivity index (χ0v) is 11.2. The normalized spacial score (nSPS) is 33.2. The van der Waals surface area contributed by atoms with Crippen LogP contribution in [0.25, 0.3) is 0 Å². The van der Waals surface area contributed by atoms with Crippen molar-refractivity contribution in [3.8, 4) is 0 Å². The quantitative estimate of drug-likeness (QED) is 0.746. The van der Waals surface area contributed by atoms with Gasteiger partial charge in [0.05, 0.1) is 0 Å². The van der Waals surface area contributed by atoms with Crippen molar-refractivity contribution in [3.05, 3.63) is 0 Å². The molecule has 1 heterocycles. The van der Waals surface area contributed by atoms with Crippen LogP contribution in [0.3, 0.4) is 0 Å². The van der Waals surface area contributed by atoms with Gasteiger partial charge in [0.25, 0.3) is 0 Å². The molecule has 2 rings (SSSR count). The smallest absolute Gasteiger partial charge is 0.0223 e. The Morgan fingerprint density at radius 1 is 1.19 bits per heavy atom. The molecule has 1 aliphatic heterocycles. The summed E-state index contributed by atoms with van der Waals surface area (Å²) >= 11 is 0. The standard InChI is InChI=1S/C14H28N2/c1-4-13-9-6-11(3)16(13)14(5-2)10-15-12-7-8-12/h11-15H,4-10H2,1-3H3. The third kappa shape index (κ3) is 2.78. The SMILES string of the molecule is CCC1CCC(C)N1C(CC)CNC1CC1. The molecule has 2 aliphatic rings. The maximum atomic E-state index is 3.71. The molecule has 1 N–H and O–H groups in total. The van der Waals surface area contributed by atoms with E-state index in [1.54, 1.807) is 0 Å². The molecule has 2 fully saturated rings. The molecule has 0 amide bonds. The first-order valence-electron chi connectivity index (χ1n) is 7.27. The minimum absolute atomic E-state index is 0.767. The summed E-state index contributed by atoms with van der Waals surface area (Å²) < 4.78 is 0. The Morgan fingerprint density at radius 2 is 1.94 bits per heavy atom. The Balaban J connectivity index is 1.88. The van der Waals surface area contributed by atoms with Gasteiger partial charge in [-0.05, 0) is 45.4 Å². The second kappa shape index (κ2) is 5.50. The zero-order valence-electron chi connectivity index (χ0n) is 11.2. The molecule has 3 unspecified atom stereocenters. The van der Waals surface area contributed by atoms with E-state index in [1.807, 2.05) is 0 Å². The molecular weight excluding hydrogens is 196 g/mol. The predicted octanol–water partition coefficient (Wildman–Crippen LogP) is 2.78. The van der Waals surface area contributed by atoms with E-state index < -0.39 is 0 Å². The number of nitrogens with one attached hydrogen (secondary N) is 1. The van der Waals surface area contributed by atoms with Gasteiger partial charge in [0, 0.05) is 30.7 Å². The minimum Gasteiger partial charge on any atom is -0.312 e. The predicted molar refractivity (Wildman–Crippen MR) is 69.7 cm³/mol. The molecule has 3 atom stereocenters. The lowest BCUT2D eigenvalue weighted by Crippen LogP contribution is -2.47. The number of rotatable bonds is 6. The minimum atomic E-state index is 0.767. The summed E-state index contributed by atoms with van der Waals surface area (Å²) in [7, 11) is 0. The first-order chi connectivity index (χ1) is 7.76. The highest BCUT2D eigenvalue weighted by Gasteiger charge is 2.34. The first kappa shape index (κ1) is 12.4. The molecule has 0 radical (unpaired) electrons. The molecule has 0 aromatic heterocycles. The van der Waals surface area contributed by atoms with E-state index in [4.69, 9.17) is 0 Å². The van der Waals surface area contributed by atoms with Crippen LogP contribution < -0.4 is 5.32 Å². The summed E-state index contributed by atoms with van der Waals surface area (Å²) in [6, 6.07) is 3.27. The average Bonchev–Trinajstić information content (AvgIpc) is 3.04. The van der Waals surface area contributed by atoms with Crippen molar-refractivity contribution >= 4 is 0 Å². The fraction of sp³-hybridized carbons (Fsp3) is 1.00. The van der Waals surface area contributed by atoms with Gasteiger partial charge in [-0.1, -0.05) is 13.8 Å². The van der Waals surface area contributed by atoms with E-state index in [2.05, 4.69) is 31.0 Å². The van der Waals surface area contributed by atoms with Crippen LogP contribution in [-0.4, -0.2) is 35.6 Å². The first-order valence-corrected chi connectivity index (χ1v) is 7.27. The van der Waals surface area contributed by atoms with Crippen molar-refractivity contribution in [1.29, 1.82) is 0 Å². The fourth-order valence-corrected chi connectivity index (χ4v) is 3.22. The van der Waals surface area contributed by atoms with Crippen LogP contribution in [0.2, 0.25) is 0 Å². The number of hydrogen-bond donors (Lipinski definition) is 1. The Bertz CT molecular complexity index is 213. The van der Waals surface area contributed by atoms with Gasteiger partial charge in [-0.2, -0.15) is 0 Å². The molecule has 1 aliphatic carbocycles. The summed E-state index contributed by atoms with van der Waals surface area (Å²) in [6.07, 6.45) is 8.24. The summed E-state index contributed by atoms with van der Waals surface area (Å²) in [5, 5.41) is 3.71. The molecule has 16 heavy (non-hydrogen) atoms. The molecule has 0 spiro atoms. The molecule has 0 aromatic carbocycles. The zero-order chi connectivity index (χ0) is 11.5. The molecule has 1 saturated heterocycles. The second-order valence-corrected chi connectivity index (χ2v) is 5.68. The van der Waals surface area contributed by atoms with Gasteiger partial charge in [0.2, 0.25) is 0 Å². The van der Waals surface area contributed by atoms with Crippen LogP contribution in [0.1, 0.15) is 59.3 Å². The van der Waals surface area contributed by atoms with Gasteiger partial charge in [0.15, 0.2) is 0 Å². The topological polar surface area (TPSA) is 15.3 Å². The van der Waals surface area contributed by atoms with Crippen molar-refractivity contribution in [3.63, 3.8) is 0 Å². The molecule has 0 aromatic rings. The summed E-state index contributed by atoms with van der Waals surface area (Å²) in [5.74, 6) is 0. The number of likely N-dealkylation sites (tertiary alicyclic amines) is 1. The average molecular weight is 224 g/mol. The van der Waals surface area contributed by atoms with Crippen LogP contribution in [0.4, 0.5) is 0 Å². The molecule has 1 saturated carbocycles. The van der Waals surface area contributed by atoms with Crippen LogP contribution in [-0.2, 0) is 0 Å². The van der Waals surface area contributed by atoms with Crippen molar-refractivity contribution in [1.82, 2.24) is 10.2 Å². The molecule has 2 nitrogen and oxygen atoms in total. The number of hydrogen-bond acceptors (Lipinski definition) is 2. The van der Waals surface area contributed by atoms with Gasteiger partial charge in [-0.25, -0.2) is 0 Å². The molecule has 0 bridgehead atoms. The highest BCUT2D eigenvalue weighted by Crippen LogP contribution is 2.29. The third-order valence-corrected chi connectivity index (χ3v) is 4.43. The Kier molecular flexibility index (Phi) is 4.26. The lowest BCUT2D eigenvalue weighted by molar-refractivity contribution is 0.126. The van der Waals surface area contributed by atoms with Crippen LogP contribution in [0.5, 0.6) is 0 Å². The van der Waals surface area contributed by atoms with Crippen LogP contribution in [0.15, 0.2) is 0 Å². The van der Waals surface area contributed by atoms with Gasteiger partial charge in [-0.15, -0.1) is 0 Å². The summed E-state index contributed by atoms with van der Waals surface area (Å²) in [5.41, 5.74) is 0. The van der Waals surface area contributed by atoms with Crippen LogP contribution >= 0.6 is 0 Å². The highest BCUT2D eigenvalue weighted by atomic mass is 15.2. The second-order valence-electron chi connectivity index (χ2n) is 5.68. The Hall–Kier alpha value is -0.0800. The van der Waals surface area contributed by atoms with Gasteiger partial charge >= 0.3 is 0 Å². The molecule has 94 valence electrons. The maximum Gasteiger partial charge on any atom is 0.0223 e. The largest absolute Gasteiger partial charge is 0.312 e. The van der Waals surface area contributed by atoms with E-state index >= 15 is 0 Å². The van der Waals surface area contributed by atoms with E-state index in [9.17, 15) is 0 Å². The van der Waals surface area contributed by atoms with Gasteiger partial charge in [0.1, 0.15) is 0 Å². The third-order valence-electron chi connectivity index (χ3n) is 4.43. The molecular formula is C14H28N2. The van der Waals surface area contributed by atoms with Gasteiger partial charge < -0.3 is 5.32 Å². The van der Waals surface area contributed by atoms with Crippen LogP contribution in [0, 0.1) is 0 Å². The van der Waals surface area contributed by atoms with E-state index in [1.165, 1.54) is 45.1 Å². The van der Waals surface area contributed by atoms with Crippen molar-refractivity contribution in [2.24, 2.45) is 0 Å². The monoisotopic (exact) mass is 224 g/mol. The van der Waals surface area contributed by atoms with Crippen molar-refractivity contribution < 1.29 is 0 Å².